The van der Waals surface area contributed by atoms with Crippen LogP contribution in [0.1, 0.15) is 69.5 Å². The van der Waals surface area contributed by atoms with Gasteiger partial charge in [-0.05, 0) is 53.7 Å². The molecule has 2 heterocycles. The second kappa shape index (κ2) is 12.1. The Morgan fingerprint density at radius 1 is 1.11 bits per heavy atom. The third kappa shape index (κ3) is 9.36. The summed E-state index contributed by atoms with van der Waals surface area (Å²) >= 11 is 0. The molecule has 36 heavy (non-hydrogen) atoms. The number of imidazole rings is 1. The van der Waals surface area contributed by atoms with Crippen molar-refractivity contribution in [2.75, 3.05) is 6.54 Å². The number of esters is 1. The maximum atomic E-state index is 13.2. The molecule has 0 spiro atoms. The van der Waals surface area contributed by atoms with Crippen molar-refractivity contribution in [1.29, 1.82) is 0 Å². The van der Waals surface area contributed by atoms with Crippen LogP contribution in [-0.4, -0.2) is 62.6 Å². The topological polar surface area (TPSA) is 187 Å². The molecule has 3 unspecified atom stereocenters. The Morgan fingerprint density at radius 3 is 2.36 bits per heavy atom. The summed E-state index contributed by atoms with van der Waals surface area (Å²) in [6.45, 7) is 11.1. The zero-order valence-electron chi connectivity index (χ0n) is 21.6. The number of hydrogen-bond acceptors (Lipinski definition) is 9. The fourth-order valence-electron chi connectivity index (χ4n) is 3.11. The molecule has 0 aromatic carbocycles. The van der Waals surface area contributed by atoms with Gasteiger partial charge in [0, 0.05) is 13.1 Å². The van der Waals surface area contributed by atoms with E-state index in [0.29, 0.717) is 11.4 Å². The van der Waals surface area contributed by atoms with Gasteiger partial charge in [-0.3, -0.25) is 9.59 Å². The van der Waals surface area contributed by atoms with Crippen LogP contribution in [0.15, 0.2) is 30.7 Å². The van der Waals surface area contributed by atoms with Gasteiger partial charge in [0.1, 0.15) is 17.4 Å². The van der Waals surface area contributed by atoms with E-state index in [2.05, 4.69) is 25.6 Å². The van der Waals surface area contributed by atoms with Crippen LogP contribution in [0.25, 0.3) is 0 Å². The quantitative estimate of drug-likeness (QED) is 0.275. The van der Waals surface area contributed by atoms with Crippen molar-refractivity contribution in [3.63, 3.8) is 0 Å². The number of carbonyl (C=O) groups excluding carboxylic acids is 3. The van der Waals surface area contributed by atoms with E-state index < -0.39 is 47.2 Å². The van der Waals surface area contributed by atoms with Crippen molar-refractivity contribution in [3.05, 3.63) is 47.8 Å². The Balaban J connectivity index is 2.28. The highest BCUT2D eigenvalue weighted by Crippen LogP contribution is 2.27. The number of hydrogen-bond donors (Lipinski definition) is 5. The lowest BCUT2D eigenvalue weighted by molar-refractivity contribution is -0.165. The molecule has 7 N–H and O–H groups in total. The molecule has 2 aromatic heterocycles. The SMILES string of the molecule is CC(C)(C)OC(=O)C(NC(=O)c1cccc(CNCC(N)C(N)=O)n1)C(OC(C)(C)C)c1cnc[nH]1. The Hall–Kier alpha value is -3.35. The molecule has 2 rings (SSSR count). The van der Waals surface area contributed by atoms with Crippen LogP contribution < -0.4 is 22.1 Å². The molecule has 0 aliphatic rings. The van der Waals surface area contributed by atoms with E-state index in [1.165, 1.54) is 18.6 Å². The summed E-state index contributed by atoms with van der Waals surface area (Å²) in [4.78, 5) is 48.9. The van der Waals surface area contributed by atoms with Crippen LogP contribution in [0.2, 0.25) is 0 Å². The van der Waals surface area contributed by atoms with Gasteiger partial charge in [0.15, 0.2) is 6.04 Å². The number of aromatic nitrogens is 3. The smallest absolute Gasteiger partial charge is 0.332 e. The number of amides is 2. The number of nitrogens with one attached hydrogen (secondary N) is 3. The van der Waals surface area contributed by atoms with E-state index in [-0.39, 0.29) is 18.8 Å². The van der Waals surface area contributed by atoms with Gasteiger partial charge in [0.05, 0.1) is 35.6 Å². The van der Waals surface area contributed by atoms with Gasteiger partial charge in [-0.25, -0.2) is 14.8 Å². The minimum atomic E-state index is -1.20. The van der Waals surface area contributed by atoms with E-state index in [9.17, 15) is 14.4 Å². The van der Waals surface area contributed by atoms with E-state index in [4.69, 9.17) is 20.9 Å². The van der Waals surface area contributed by atoms with Crippen molar-refractivity contribution >= 4 is 17.8 Å². The van der Waals surface area contributed by atoms with Gasteiger partial charge in [-0.1, -0.05) is 6.07 Å². The number of nitrogens with two attached hydrogens (primary N) is 2. The molecular weight excluding hydrogens is 466 g/mol. The number of ether oxygens (including phenoxy) is 2. The summed E-state index contributed by atoms with van der Waals surface area (Å²) < 4.78 is 11.8. The molecule has 2 amide bonds. The highest BCUT2D eigenvalue weighted by atomic mass is 16.6. The van der Waals surface area contributed by atoms with Crippen LogP contribution in [0.4, 0.5) is 0 Å². The third-order valence-electron chi connectivity index (χ3n) is 4.63. The Kier molecular flexibility index (Phi) is 9.68. The lowest BCUT2D eigenvalue weighted by Gasteiger charge is -2.33. The first-order valence-corrected chi connectivity index (χ1v) is 11.6. The molecule has 198 valence electrons. The summed E-state index contributed by atoms with van der Waals surface area (Å²) in [5.74, 6) is -1.89. The number of rotatable bonds is 11. The lowest BCUT2D eigenvalue weighted by Crippen LogP contribution is -2.50. The van der Waals surface area contributed by atoms with Crippen molar-refractivity contribution in [3.8, 4) is 0 Å². The normalized spacial score (nSPS) is 14.5. The molecule has 2 aromatic rings. The number of H-pyrrole nitrogens is 1. The van der Waals surface area contributed by atoms with Gasteiger partial charge in [-0.15, -0.1) is 0 Å². The molecule has 0 aliphatic heterocycles. The highest BCUT2D eigenvalue weighted by molar-refractivity contribution is 5.95. The number of nitrogens with zero attached hydrogens (tertiary/aromatic N) is 2. The first-order valence-electron chi connectivity index (χ1n) is 11.6. The van der Waals surface area contributed by atoms with Gasteiger partial charge in [-0.2, -0.15) is 0 Å². The summed E-state index contributed by atoms with van der Waals surface area (Å²) in [6, 6.07) is 2.85. The van der Waals surface area contributed by atoms with Crippen molar-refractivity contribution < 1.29 is 23.9 Å². The van der Waals surface area contributed by atoms with E-state index >= 15 is 0 Å². The minimum Gasteiger partial charge on any atom is -0.458 e. The summed E-state index contributed by atoms with van der Waals surface area (Å²) in [7, 11) is 0. The van der Waals surface area contributed by atoms with E-state index in [1.54, 1.807) is 32.9 Å². The Labute approximate surface area is 210 Å². The predicted octanol–water partition coefficient (Wildman–Crippen LogP) is 0.703. The lowest BCUT2D eigenvalue weighted by atomic mass is 10.0. The summed E-state index contributed by atoms with van der Waals surface area (Å²) in [5.41, 5.74) is 10.4. The van der Waals surface area contributed by atoms with Gasteiger partial charge in [0.2, 0.25) is 5.91 Å². The minimum absolute atomic E-state index is 0.0844. The molecule has 12 nitrogen and oxygen atoms in total. The highest BCUT2D eigenvalue weighted by Gasteiger charge is 2.38. The fourth-order valence-corrected chi connectivity index (χ4v) is 3.11. The largest absolute Gasteiger partial charge is 0.458 e. The average Bonchev–Trinajstić information content (AvgIpc) is 3.29. The number of primary amides is 1. The molecule has 0 aliphatic carbocycles. The van der Waals surface area contributed by atoms with Crippen molar-refractivity contribution in [1.82, 2.24) is 25.6 Å². The van der Waals surface area contributed by atoms with Gasteiger partial charge < -0.3 is 36.6 Å². The Morgan fingerprint density at radius 2 is 1.81 bits per heavy atom. The van der Waals surface area contributed by atoms with Crippen LogP contribution in [0.5, 0.6) is 0 Å². The van der Waals surface area contributed by atoms with E-state index in [0.717, 1.165) is 0 Å². The molecule has 0 saturated carbocycles. The third-order valence-corrected chi connectivity index (χ3v) is 4.63. The molecule has 12 heteroatoms. The van der Waals surface area contributed by atoms with Crippen LogP contribution in [0, 0.1) is 0 Å². The first-order chi connectivity index (χ1) is 16.7. The zero-order valence-corrected chi connectivity index (χ0v) is 21.6. The van der Waals surface area contributed by atoms with Crippen LogP contribution in [-0.2, 0) is 25.6 Å². The number of aromatic amines is 1. The van der Waals surface area contributed by atoms with Crippen LogP contribution >= 0.6 is 0 Å². The van der Waals surface area contributed by atoms with Crippen LogP contribution in [0.3, 0.4) is 0 Å². The summed E-state index contributed by atoms with van der Waals surface area (Å²) in [5, 5.41) is 5.70. The standard InChI is InChI=1S/C24H37N7O5/c1-23(2,3)35-19(17-12-28-13-29-17)18(22(34)36-24(4,5)6)31-21(33)16-9-7-8-14(30-16)10-27-11-15(25)20(26)32/h7-9,12-13,15,18-19,27H,10-11,25H2,1-6H3,(H2,26,32)(H,28,29)(H,31,33). The van der Waals surface area contributed by atoms with Gasteiger partial charge in [0.25, 0.3) is 5.91 Å². The second-order valence-corrected chi connectivity index (χ2v) is 10.3. The van der Waals surface area contributed by atoms with E-state index in [1.807, 2.05) is 20.8 Å². The van der Waals surface area contributed by atoms with Gasteiger partial charge >= 0.3 is 5.97 Å². The Bertz CT molecular complexity index is 1030. The van der Waals surface area contributed by atoms with Crippen molar-refractivity contribution in [2.24, 2.45) is 11.5 Å². The fraction of sp³-hybridized carbons (Fsp3) is 0.542. The monoisotopic (exact) mass is 503 g/mol. The average molecular weight is 504 g/mol. The van der Waals surface area contributed by atoms with Crippen molar-refractivity contribution in [2.45, 2.75) is 77.5 Å². The maximum Gasteiger partial charge on any atom is 0.332 e. The summed E-state index contributed by atoms with van der Waals surface area (Å²) in [6.07, 6.45) is 2.08. The number of carbonyl (C=O) groups is 3. The zero-order chi connectivity index (χ0) is 27.1. The molecule has 0 fully saturated rings. The maximum absolute atomic E-state index is 13.2. The first kappa shape index (κ1) is 28.9. The molecule has 3 atom stereocenters. The predicted molar refractivity (Wildman–Crippen MR) is 132 cm³/mol. The number of pyridine rings is 1. The molecule has 0 bridgehead atoms. The molecule has 0 saturated heterocycles. The molecule has 0 radical (unpaired) electrons. The molecular formula is C24H37N7O5. The second-order valence-electron chi connectivity index (χ2n) is 10.3.